The fraction of sp³-hybridized carbons (Fsp3) is 0.533. The van der Waals surface area contributed by atoms with Crippen LogP contribution in [0.1, 0.15) is 17.5 Å². The second-order valence-corrected chi connectivity index (χ2v) is 6.07. The van der Waals surface area contributed by atoms with Gasteiger partial charge in [-0.2, -0.15) is 10.0 Å². The van der Waals surface area contributed by atoms with Crippen LogP contribution in [0.5, 0.6) is 0 Å². The molecule has 8 heteroatoms. The summed E-state index contributed by atoms with van der Waals surface area (Å²) in [6, 6.07) is 4.83. The number of nitrogens with two attached hydrogens (primary N) is 1. The molecule has 0 saturated heterocycles. The van der Waals surface area contributed by atoms with Gasteiger partial charge in [0.25, 0.3) is 0 Å². The molecular formula is C15H23Cl2N2O4+. The van der Waals surface area contributed by atoms with Crippen molar-refractivity contribution in [3.8, 4) is 0 Å². The van der Waals surface area contributed by atoms with Crippen molar-refractivity contribution in [2.45, 2.75) is 25.8 Å². The zero-order valence-electron chi connectivity index (χ0n) is 13.0. The van der Waals surface area contributed by atoms with E-state index in [9.17, 15) is 10.0 Å². The van der Waals surface area contributed by atoms with Crippen molar-refractivity contribution < 1.29 is 19.9 Å². The standard InChI is InChI=1S/C15H22Cl2N2O4/c1-11-2-3-14(19(22,6-4-16)23-7-5-17)9-12(11)8-13(18)10-15(20)21/h2-3,9,13,22H,4-8,10,18H2,1H3/p+1/t13-,19?/m1/s1. The van der Waals surface area contributed by atoms with E-state index in [-0.39, 0.29) is 31.3 Å². The summed E-state index contributed by atoms with van der Waals surface area (Å²) in [5.74, 6) is -0.503. The summed E-state index contributed by atoms with van der Waals surface area (Å²) < 4.78 is 0. The van der Waals surface area contributed by atoms with Crippen molar-refractivity contribution in [3.05, 3.63) is 29.3 Å². The average molecular weight is 366 g/mol. The Morgan fingerprint density at radius 3 is 2.65 bits per heavy atom. The summed E-state index contributed by atoms with van der Waals surface area (Å²) in [7, 11) is 0. The number of carbonyl (C=O) groups is 1. The summed E-state index contributed by atoms with van der Waals surface area (Å²) in [4.78, 5) is 15.4. The Morgan fingerprint density at radius 2 is 2.09 bits per heavy atom. The third-order valence-electron chi connectivity index (χ3n) is 3.42. The highest BCUT2D eigenvalue weighted by atomic mass is 35.5. The Bertz CT molecular complexity index is 530. The molecule has 1 rings (SSSR count). The van der Waals surface area contributed by atoms with E-state index >= 15 is 0 Å². The average Bonchev–Trinajstić information content (AvgIpc) is 2.46. The van der Waals surface area contributed by atoms with Crippen molar-refractivity contribution in [1.29, 1.82) is 0 Å². The summed E-state index contributed by atoms with van der Waals surface area (Å²) in [5.41, 5.74) is 8.17. The number of halogens is 2. The Morgan fingerprint density at radius 1 is 1.39 bits per heavy atom. The molecule has 0 amide bonds. The monoisotopic (exact) mass is 365 g/mol. The molecule has 1 aromatic rings. The number of hydroxylamine groups is 2. The highest BCUT2D eigenvalue weighted by molar-refractivity contribution is 6.18. The first-order chi connectivity index (χ1) is 10.8. The minimum Gasteiger partial charge on any atom is -0.481 e. The Hall–Kier alpha value is -0.890. The van der Waals surface area contributed by atoms with Gasteiger partial charge in [-0.3, -0.25) is 4.79 Å². The number of carboxylic acid groups (broad SMARTS) is 1. The van der Waals surface area contributed by atoms with Gasteiger partial charge in [-0.25, -0.2) is 0 Å². The first kappa shape index (κ1) is 20.2. The molecule has 0 bridgehead atoms. The lowest BCUT2D eigenvalue weighted by atomic mass is 9.99. The normalized spacial score (nSPS) is 15.2. The van der Waals surface area contributed by atoms with E-state index in [4.69, 9.17) is 38.9 Å². The fourth-order valence-electron chi connectivity index (χ4n) is 2.24. The number of nitrogens with zero attached hydrogens (tertiary/aromatic N) is 1. The maximum atomic E-state index is 10.7. The SMILES string of the molecule is Cc1ccc([N+](O)(CCCl)OCCCl)cc1C[C@@H](N)CC(=O)O. The third kappa shape index (κ3) is 6.25. The topological polar surface area (TPSA) is 92.8 Å². The van der Waals surface area contributed by atoms with Crippen LogP contribution in [0, 0.1) is 6.92 Å². The van der Waals surface area contributed by atoms with Gasteiger partial charge in [0, 0.05) is 18.2 Å². The van der Waals surface area contributed by atoms with Crippen molar-refractivity contribution in [2.75, 3.05) is 24.9 Å². The number of benzene rings is 1. The van der Waals surface area contributed by atoms with Gasteiger partial charge in [0.05, 0.1) is 18.2 Å². The van der Waals surface area contributed by atoms with Crippen LogP contribution in [0.15, 0.2) is 18.2 Å². The van der Waals surface area contributed by atoms with E-state index in [0.29, 0.717) is 12.1 Å². The summed E-state index contributed by atoms with van der Waals surface area (Å²) in [6.07, 6.45) is 0.273. The highest BCUT2D eigenvalue weighted by Crippen LogP contribution is 2.26. The minimum atomic E-state index is -0.939. The first-order valence-electron chi connectivity index (χ1n) is 7.27. The molecule has 130 valence electrons. The molecule has 23 heavy (non-hydrogen) atoms. The molecule has 4 N–H and O–H groups in total. The molecule has 6 nitrogen and oxygen atoms in total. The largest absolute Gasteiger partial charge is 0.481 e. The molecule has 0 saturated carbocycles. The van der Waals surface area contributed by atoms with Gasteiger partial charge >= 0.3 is 5.97 Å². The van der Waals surface area contributed by atoms with Crippen LogP contribution in [0.25, 0.3) is 0 Å². The number of hydrogen-bond donors (Lipinski definition) is 3. The van der Waals surface area contributed by atoms with Gasteiger partial charge in [-0.1, -0.05) is 6.07 Å². The minimum absolute atomic E-state index is 0.118. The lowest BCUT2D eigenvalue weighted by Crippen LogP contribution is -2.48. The maximum absolute atomic E-state index is 10.7. The summed E-state index contributed by atoms with van der Waals surface area (Å²) in [5, 5.41) is 19.5. The molecule has 2 atom stereocenters. The lowest BCUT2D eigenvalue weighted by molar-refractivity contribution is -0.319. The fourth-order valence-corrected chi connectivity index (χ4v) is 2.54. The van der Waals surface area contributed by atoms with E-state index in [2.05, 4.69) is 0 Å². The van der Waals surface area contributed by atoms with Crippen LogP contribution in [0.2, 0.25) is 0 Å². The lowest BCUT2D eigenvalue weighted by Gasteiger charge is -2.26. The molecule has 0 aliphatic heterocycles. The Labute approximate surface area is 145 Å². The van der Waals surface area contributed by atoms with Crippen LogP contribution in [-0.2, 0) is 16.1 Å². The van der Waals surface area contributed by atoms with Gasteiger partial charge in [0.2, 0.25) is 0 Å². The summed E-state index contributed by atoms with van der Waals surface area (Å²) >= 11 is 11.4. The number of carboxylic acids is 1. The number of aryl methyl sites for hydroxylation is 1. The van der Waals surface area contributed by atoms with Crippen molar-refractivity contribution in [2.24, 2.45) is 5.73 Å². The molecule has 0 spiro atoms. The molecule has 0 aromatic heterocycles. The highest BCUT2D eigenvalue weighted by Gasteiger charge is 2.31. The first-order valence-corrected chi connectivity index (χ1v) is 8.34. The Balaban J connectivity index is 3.03. The molecule has 1 aromatic carbocycles. The molecule has 0 heterocycles. The van der Waals surface area contributed by atoms with E-state index in [1.165, 1.54) is 0 Å². The molecule has 1 unspecified atom stereocenters. The number of rotatable bonds is 10. The Kier molecular flexibility index (Phi) is 8.25. The second-order valence-electron chi connectivity index (χ2n) is 5.31. The van der Waals surface area contributed by atoms with Crippen LogP contribution in [-0.4, -0.2) is 47.2 Å². The van der Waals surface area contributed by atoms with E-state index < -0.39 is 16.8 Å². The number of hydrogen-bond acceptors (Lipinski definition) is 4. The van der Waals surface area contributed by atoms with Crippen molar-refractivity contribution >= 4 is 34.9 Å². The third-order valence-corrected chi connectivity index (χ3v) is 3.75. The molecule has 0 aliphatic rings. The van der Waals surface area contributed by atoms with Gasteiger partial charge in [0.15, 0.2) is 12.2 Å². The van der Waals surface area contributed by atoms with Crippen molar-refractivity contribution in [3.63, 3.8) is 0 Å². The smallest absolute Gasteiger partial charge is 0.304 e. The van der Waals surface area contributed by atoms with E-state index in [1.807, 2.05) is 13.0 Å². The van der Waals surface area contributed by atoms with Gasteiger partial charge < -0.3 is 10.8 Å². The van der Waals surface area contributed by atoms with Crippen LogP contribution in [0.4, 0.5) is 5.69 Å². The molecule has 0 fully saturated rings. The van der Waals surface area contributed by atoms with Crippen LogP contribution >= 0.6 is 23.2 Å². The molecule has 0 aliphatic carbocycles. The maximum Gasteiger partial charge on any atom is 0.304 e. The molecule has 0 radical (unpaired) electrons. The number of alkyl halides is 2. The van der Waals surface area contributed by atoms with Crippen LogP contribution in [0.3, 0.4) is 0 Å². The number of aliphatic carboxylic acids is 1. The summed E-state index contributed by atoms with van der Waals surface area (Å²) in [6.45, 7) is 2.22. The van der Waals surface area contributed by atoms with Gasteiger partial charge in [-0.05, 0) is 29.3 Å². The van der Waals surface area contributed by atoms with E-state index in [1.54, 1.807) is 12.1 Å². The van der Waals surface area contributed by atoms with Crippen LogP contribution < -0.4 is 10.5 Å². The predicted molar refractivity (Wildman–Crippen MR) is 91.0 cm³/mol. The van der Waals surface area contributed by atoms with Gasteiger partial charge in [0.1, 0.15) is 6.61 Å². The zero-order valence-corrected chi connectivity index (χ0v) is 14.6. The van der Waals surface area contributed by atoms with E-state index in [0.717, 1.165) is 11.1 Å². The predicted octanol–water partition coefficient (Wildman–Crippen LogP) is 2.45. The van der Waals surface area contributed by atoms with Crippen molar-refractivity contribution in [1.82, 2.24) is 4.81 Å². The van der Waals surface area contributed by atoms with Gasteiger partial charge in [-0.15, -0.1) is 23.2 Å². The number of quaternary nitrogens is 1. The molecular weight excluding hydrogens is 343 g/mol. The quantitative estimate of drug-likeness (QED) is 0.336. The second kappa shape index (κ2) is 9.42. The zero-order chi connectivity index (χ0) is 17.5.